The minimum atomic E-state index is -2.25. The van der Waals surface area contributed by atoms with Crippen molar-refractivity contribution in [3.8, 4) is 0 Å². The van der Waals surface area contributed by atoms with Crippen LogP contribution in [0.3, 0.4) is 0 Å². The normalized spacial score (nSPS) is 12.7. The molecule has 0 aromatic heterocycles. The van der Waals surface area contributed by atoms with Gasteiger partial charge in [-0.05, 0) is 0 Å². The summed E-state index contributed by atoms with van der Waals surface area (Å²) in [6, 6.07) is 0. The Labute approximate surface area is 55.0 Å². The topological polar surface area (TPSA) is 92.4 Å². The first-order chi connectivity index (χ1) is 4.16. The molecule has 0 aromatic carbocycles. The van der Waals surface area contributed by atoms with Gasteiger partial charge in [-0.25, -0.2) is 4.21 Å². The summed E-state index contributed by atoms with van der Waals surface area (Å²) in [6.45, 7) is 0.184. The molecule has 1 unspecified atom stereocenters. The Morgan fingerprint density at radius 2 is 2.33 bits per heavy atom. The van der Waals surface area contributed by atoms with Crippen LogP contribution >= 0.6 is 0 Å². The highest BCUT2D eigenvalue weighted by Gasteiger charge is 1.99. The fourth-order valence-electron chi connectivity index (χ4n) is 0.280. The van der Waals surface area contributed by atoms with Gasteiger partial charge in [0.2, 0.25) is 5.91 Å². The molecule has 0 aliphatic rings. The summed E-state index contributed by atoms with van der Waals surface area (Å²) in [5.74, 6) is -0.515. The Morgan fingerprint density at radius 1 is 1.78 bits per heavy atom. The Kier molecular flexibility index (Phi) is 4.20. The van der Waals surface area contributed by atoms with Crippen molar-refractivity contribution in [2.45, 2.75) is 6.42 Å². The molecule has 6 heteroatoms. The van der Waals surface area contributed by atoms with E-state index in [1.807, 2.05) is 0 Å². The molecule has 0 saturated heterocycles. The second kappa shape index (κ2) is 4.42. The van der Waals surface area contributed by atoms with Gasteiger partial charge in [0, 0.05) is 13.0 Å². The van der Waals surface area contributed by atoms with Gasteiger partial charge in [-0.2, -0.15) is 0 Å². The summed E-state index contributed by atoms with van der Waals surface area (Å²) < 4.78 is 19.6. The molecule has 1 amide bonds. The molecule has 0 aliphatic heterocycles. The lowest BCUT2D eigenvalue weighted by Crippen LogP contribution is -2.26. The molecule has 0 rings (SSSR count). The molecule has 5 nitrogen and oxygen atoms in total. The van der Waals surface area contributed by atoms with Crippen LogP contribution in [0.2, 0.25) is 0 Å². The summed E-state index contributed by atoms with van der Waals surface area (Å²) in [6.07, 6.45) is 0.0757. The Balaban J connectivity index is 3.39. The van der Waals surface area contributed by atoms with Gasteiger partial charge >= 0.3 is 0 Å². The smallest absolute Gasteiger partial charge is 0.261 e. The zero-order valence-corrected chi connectivity index (χ0v) is 5.48. The summed E-state index contributed by atoms with van der Waals surface area (Å²) in [5.41, 5.74) is 4.96. The summed E-state index contributed by atoms with van der Waals surface area (Å²) in [4.78, 5) is 10.3. The molecule has 54 valence electrons. The third kappa shape index (κ3) is 5.41. The van der Waals surface area contributed by atoms with E-state index < -0.39 is 17.2 Å². The van der Waals surface area contributed by atoms with Crippen molar-refractivity contribution < 1.29 is 13.6 Å². The van der Waals surface area contributed by atoms with Crippen molar-refractivity contribution in [3.05, 3.63) is 0 Å². The van der Waals surface area contributed by atoms with Crippen LogP contribution in [0.25, 0.3) is 0 Å². The van der Waals surface area contributed by atoms with Crippen LogP contribution in [0.15, 0.2) is 0 Å². The molecule has 0 aliphatic carbocycles. The summed E-state index contributed by atoms with van der Waals surface area (Å²) in [7, 11) is 0. The van der Waals surface area contributed by atoms with E-state index in [1.54, 1.807) is 4.72 Å². The van der Waals surface area contributed by atoms with Gasteiger partial charge in [0.1, 0.15) is 0 Å². The van der Waals surface area contributed by atoms with Gasteiger partial charge in [-0.3, -0.25) is 14.1 Å². The molecular weight excluding hydrogens is 144 g/mol. The van der Waals surface area contributed by atoms with E-state index in [-0.39, 0.29) is 13.0 Å². The standard InChI is InChI=1S/C3H8N2O3S/c4-2-1-3(6)5-9(7)8/h1-2,4H2,(H,5,6)(H,7,8). The monoisotopic (exact) mass is 152 g/mol. The number of carbonyl (C=O) groups excluding carboxylic acids is 1. The third-order valence-corrected chi connectivity index (χ3v) is 0.975. The molecule has 0 spiro atoms. The van der Waals surface area contributed by atoms with E-state index in [2.05, 4.69) is 0 Å². The van der Waals surface area contributed by atoms with Crippen molar-refractivity contribution in [2.24, 2.45) is 5.73 Å². The van der Waals surface area contributed by atoms with Crippen molar-refractivity contribution >= 4 is 17.2 Å². The molecule has 0 radical (unpaired) electrons. The number of nitrogens with two attached hydrogens (primary N) is 1. The van der Waals surface area contributed by atoms with E-state index >= 15 is 0 Å². The third-order valence-electron chi connectivity index (χ3n) is 0.573. The number of hydrogen-bond acceptors (Lipinski definition) is 3. The number of hydrogen-bond donors (Lipinski definition) is 3. The molecule has 0 fully saturated rings. The van der Waals surface area contributed by atoms with E-state index in [1.165, 1.54) is 0 Å². The van der Waals surface area contributed by atoms with Gasteiger partial charge in [0.15, 0.2) is 0 Å². The van der Waals surface area contributed by atoms with E-state index in [0.717, 1.165) is 0 Å². The van der Waals surface area contributed by atoms with Gasteiger partial charge in [0.05, 0.1) is 0 Å². The van der Waals surface area contributed by atoms with Gasteiger partial charge in [0.25, 0.3) is 11.3 Å². The largest absolute Gasteiger partial charge is 0.330 e. The van der Waals surface area contributed by atoms with Crippen LogP contribution in [-0.4, -0.2) is 21.2 Å². The number of nitrogens with one attached hydrogen (secondary N) is 1. The van der Waals surface area contributed by atoms with E-state index in [4.69, 9.17) is 10.3 Å². The Hall–Kier alpha value is -0.460. The van der Waals surface area contributed by atoms with Crippen molar-refractivity contribution in [2.75, 3.05) is 6.54 Å². The quantitative estimate of drug-likeness (QED) is 0.433. The molecular formula is C3H8N2O3S. The lowest BCUT2D eigenvalue weighted by Gasteiger charge is -1.94. The van der Waals surface area contributed by atoms with Crippen LogP contribution in [0, 0.1) is 0 Å². The summed E-state index contributed by atoms with van der Waals surface area (Å²) >= 11 is -2.25. The van der Waals surface area contributed by atoms with Crippen LogP contribution in [0.4, 0.5) is 0 Å². The van der Waals surface area contributed by atoms with Crippen LogP contribution in [-0.2, 0) is 16.1 Å². The number of rotatable bonds is 3. The highest BCUT2D eigenvalue weighted by atomic mass is 32.2. The molecule has 0 saturated carbocycles. The minimum Gasteiger partial charge on any atom is -0.330 e. The Bertz CT molecular complexity index is 126. The average molecular weight is 152 g/mol. The average Bonchev–Trinajstić information content (AvgIpc) is 1.63. The maximum Gasteiger partial charge on any atom is 0.261 e. The summed E-state index contributed by atoms with van der Waals surface area (Å²) in [5, 5.41) is 0. The molecule has 9 heavy (non-hydrogen) atoms. The van der Waals surface area contributed by atoms with Gasteiger partial charge in [-0.1, -0.05) is 0 Å². The van der Waals surface area contributed by atoms with E-state index in [0.29, 0.717) is 0 Å². The zero-order valence-electron chi connectivity index (χ0n) is 4.66. The molecule has 0 bridgehead atoms. The second-order valence-corrected chi connectivity index (χ2v) is 2.02. The van der Waals surface area contributed by atoms with Crippen LogP contribution in [0.1, 0.15) is 6.42 Å². The first-order valence-corrected chi connectivity index (χ1v) is 3.38. The predicted octanol–water partition coefficient (Wildman–Crippen LogP) is -1.41. The van der Waals surface area contributed by atoms with E-state index in [9.17, 15) is 9.00 Å². The maximum absolute atomic E-state index is 10.3. The lowest BCUT2D eigenvalue weighted by atomic mass is 10.4. The Morgan fingerprint density at radius 3 is 2.67 bits per heavy atom. The number of carbonyl (C=O) groups is 1. The zero-order chi connectivity index (χ0) is 7.28. The van der Waals surface area contributed by atoms with Gasteiger partial charge < -0.3 is 5.73 Å². The fourth-order valence-corrected chi connectivity index (χ4v) is 0.576. The van der Waals surface area contributed by atoms with Crippen molar-refractivity contribution in [3.63, 3.8) is 0 Å². The van der Waals surface area contributed by atoms with Gasteiger partial charge in [-0.15, -0.1) is 0 Å². The molecule has 1 atom stereocenters. The van der Waals surface area contributed by atoms with Crippen molar-refractivity contribution in [1.29, 1.82) is 0 Å². The predicted molar refractivity (Wildman–Crippen MR) is 32.6 cm³/mol. The highest BCUT2D eigenvalue weighted by Crippen LogP contribution is 1.74. The fraction of sp³-hybridized carbons (Fsp3) is 0.667. The van der Waals surface area contributed by atoms with Crippen LogP contribution in [0.5, 0.6) is 0 Å². The molecule has 0 heterocycles. The maximum atomic E-state index is 10.3. The van der Waals surface area contributed by atoms with Crippen molar-refractivity contribution in [1.82, 2.24) is 4.72 Å². The highest BCUT2D eigenvalue weighted by molar-refractivity contribution is 7.77. The SMILES string of the molecule is NCCC(=O)NS(=O)O. The van der Waals surface area contributed by atoms with Crippen LogP contribution < -0.4 is 10.5 Å². The molecule has 0 aromatic rings. The number of amides is 1. The first-order valence-electron chi connectivity index (χ1n) is 2.27. The minimum absolute atomic E-state index is 0.0757. The lowest BCUT2D eigenvalue weighted by molar-refractivity contribution is -0.119. The molecule has 4 N–H and O–H groups in total. The first kappa shape index (κ1) is 8.54. The second-order valence-electron chi connectivity index (χ2n) is 1.31.